The third-order valence-electron chi connectivity index (χ3n) is 3.90. The topological polar surface area (TPSA) is 56.9 Å². The highest BCUT2D eigenvalue weighted by molar-refractivity contribution is 5.79. The van der Waals surface area contributed by atoms with Crippen molar-refractivity contribution in [3.8, 4) is 0 Å². The average molecular weight is 343 g/mol. The Bertz CT molecular complexity index is 924. The van der Waals surface area contributed by atoms with E-state index in [0.29, 0.717) is 36.4 Å². The number of anilines is 1. The van der Waals surface area contributed by atoms with Gasteiger partial charge in [0.05, 0.1) is 5.52 Å². The molecule has 130 valence electrons. The number of H-pyrrole nitrogens is 1. The van der Waals surface area contributed by atoms with Gasteiger partial charge in [0, 0.05) is 24.5 Å². The van der Waals surface area contributed by atoms with Crippen LogP contribution in [0.5, 0.6) is 0 Å². The number of rotatable bonds is 7. The van der Waals surface area contributed by atoms with Crippen LogP contribution in [0.15, 0.2) is 53.3 Å². The number of fused-ring (bicyclic) bond motifs is 1. The molecule has 0 bridgehead atoms. The van der Waals surface area contributed by atoms with Crippen LogP contribution in [-0.4, -0.2) is 18.1 Å². The third-order valence-corrected chi connectivity index (χ3v) is 3.90. The molecule has 25 heavy (non-hydrogen) atoms. The molecule has 0 radical (unpaired) electrons. The lowest BCUT2D eigenvalue weighted by Gasteiger charge is -2.09. The number of hydrogen-bond donors (Lipinski definition) is 3. The summed E-state index contributed by atoms with van der Waals surface area (Å²) in [6.07, 6.45) is 0.818. The summed E-state index contributed by atoms with van der Waals surface area (Å²) < 4.78 is 25.9. The van der Waals surface area contributed by atoms with Gasteiger partial charge in [0.15, 0.2) is 17.1 Å². The van der Waals surface area contributed by atoms with Gasteiger partial charge in [-0.25, -0.2) is 8.78 Å². The lowest BCUT2D eigenvalue weighted by atomic mass is 10.2. The number of benzene rings is 2. The second kappa shape index (κ2) is 7.90. The van der Waals surface area contributed by atoms with E-state index in [0.717, 1.165) is 18.0 Å². The first-order chi connectivity index (χ1) is 12.1. The van der Waals surface area contributed by atoms with Crippen molar-refractivity contribution in [1.29, 1.82) is 0 Å². The number of hydrogen-bond acceptors (Lipinski definition) is 3. The maximum atomic E-state index is 13.1. The Balaban J connectivity index is 1.44. The molecule has 0 aliphatic carbocycles. The first-order valence-electron chi connectivity index (χ1n) is 8.14. The van der Waals surface area contributed by atoms with E-state index >= 15 is 0 Å². The van der Waals surface area contributed by atoms with E-state index in [4.69, 9.17) is 0 Å². The fourth-order valence-corrected chi connectivity index (χ4v) is 2.61. The van der Waals surface area contributed by atoms with E-state index in [1.54, 1.807) is 18.2 Å². The molecule has 0 amide bonds. The van der Waals surface area contributed by atoms with Gasteiger partial charge in [-0.2, -0.15) is 0 Å². The molecule has 3 rings (SSSR count). The van der Waals surface area contributed by atoms with Crippen LogP contribution in [-0.2, 0) is 6.54 Å². The minimum atomic E-state index is -0.836. The third kappa shape index (κ3) is 4.42. The normalized spacial score (nSPS) is 11.0. The Morgan fingerprint density at radius 3 is 2.64 bits per heavy atom. The standard InChI is InChI=1S/C19H19F2N3O/c20-15-7-6-13(10-16(15)21)12-22-8-3-9-23-19-11-18(25)14-4-1-2-5-17(14)24-19/h1-2,4-7,10-11,22H,3,8-9,12H2,(H2,23,24,25). The van der Waals surface area contributed by atoms with Gasteiger partial charge in [-0.3, -0.25) is 4.79 Å². The molecule has 3 aromatic rings. The highest BCUT2D eigenvalue weighted by Gasteiger charge is 2.03. The van der Waals surface area contributed by atoms with Gasteiger partial charge in [-0.15, -0.1) is 0 Å². The number of pyridine rings is 1. The SMILES string of the molecule is O=c1cc(NCCCNCc2ccc(F)c(F)c2)[nH]c2ccccc12. The van der Waals surface area contributed by atoms with Crippen molar-refractivity contribution in [1.82, 2.24) is 10.3 Å². The fourth-order valence-electron chi connectivity index (χ4n) is 2.61. The maximum absolute atomic E-state index is 13.1. The largest absolute Gasteiger partial charge is 0.371 e. The van der Waals surface area contributed by atoms with Crippen molar-refractivity contribution in [3.63, 3.8) is 0 Å². The van der Waals surface area contributed by atoms with Crippen LogP contribution in [0.2, 0.25) is 0 Å². The minimum Gasteiger partial charge on any atom is -0.371 e. The van der Waals surface area contributed by atoms with Crippen LogP contribution in [0.3, 0.4) is 0 Å². The molecule has 6 heteroatoms. The molecule has 1 heterocycles. The van der Waals surface area contributed by atoms with Gasteiger partial charge >= 0.3 is 0 Å². The Kier molecular flexibility index (Phi) is 5.40. The lowest BCUT2D eigenvalue weighted by molar-refractivity contribution is 0.506. The first-order valence-corrected chi connectivity index (χ1v) is 8.14. The molecule has 0 aliphatic heterocycles. The summed E-state index contributed by atoms with van der Waals surface area (Å²) in [6, 6.07) is 12.8. The summed E-state index contributed by atoms with van der Waals surface area (Å²) in [6.45, 7) is 1.87. The zero-order chi connectivity index (χ0) is 17.6. The lowest BCUT2D eigenvalue weighted by Crippen LogP contribution is -2.18. The maximum Gasteiger partial charge on any atom is 0.191 e. The Labute approximate surface area is 143 Å². The van der Waals surface area contributed by atoms with Crippen molar-refractivity contribution in [2.75, 3.05) is 18.4 Å². The molecule has 0 aliphatic rings. The van der Waals surface area contributed by atoms with E-state index in [-0.39, 0.29) is 5.43 Å². The summed E-state index contributed by atoms with van der Waals surface area (Å²) in [7, 11) is 0. The zero-order valence-corrected chi connectivity index (χ0v) is 13.6. The molecule has 0 saturated carbocycles. The number of nitrogens with one attached hydrogen (secondary N) is 3. The summed E-state index contributed by atoms with van der Waals surface area (Å²) in [4.78, 5) is 15.2. The fraction of sp³-hybridized carbons (Fsp3) is 0.211. The second-order valence-corrected chi connectivity index (χ2v) is 5.80. The van der Waals surface area contributed by atoms with E-state index in [1.807, 2.05) is 18.2 Å². The molecule has 3 N–H and O–H groups in total. The summed E-state index contributed by atoms with van der Waals surface area (Å²) in [5, 5.41) is 7.03. The molecule has 0 atom stereocenters. The van der Waals surface area contributed by atoms with E-state index < -0.39 is 11.6 Å². The van der Waals surface area contributed by atoms with Crippen molar-refractivity contribution >= 4 is 16.7 Å². The van der Waals surface area contributed by atoms with Crippen LogP contribution in [0.4, 0.5) is 14.6 Å². The molecule has 0 saturated heterocycles. The predicted molar refractivity (Wildman–Crippen MR) is 95.7 cm³/mol. The van der Waals surface area contributed by atoms with Crippen LogP contribution in [0.25, 0.3) is 10.9 Å². The summed E-state index contributed by atoms with van der Waals surface area (Å²) in [5.41, 5.74) is 1.48. The van der Waals surface area contributed by atoms with E-state index in [9.17, 15) is 13.6 Å². The molecular formula is C19H19F2N3O. The monoisotopic (exact) mass is 343 g/mol. The van der Waals surface area contributed by atoms with Gasteiger partial charge in [-0.1, -0.05) is 18.2 Å². The second-order valence-electron chi connectivity index (χ2n) is 5.80. The number of aromatic nitrogens is 1. The molecule has 1 aromatic heterocycles. The van der Waals surface area contributed by atoms with Crippen LogP contribution in [0, 0.1) is 11.6 Å². The molecule has 4 nitrogen and oxygen atoms in total. The zero-order valence-electron chi connectivity index (χ0n) is 13.6. The van der Waals surface area contributed by atoms with Crippen molar-refractivity contribution in [2.45, 2.75) is 13.0 Å². The van der Waals surface area contributed by atoms with Crippen molar-refractivity contribution in [3.05, 3.63) is 76.0 Å². The van der Waals surface area contributed by atoms with Crippen LogP contribution < -0.4 is 16.1 Å². The minimum absolute atomic E-state index is 0.0201. The Morgan fingerprint density at radius 2 is 1.80 bits per heavy atom. The van der Waals surface area contributed by atoms with E-state index in [2.05, 4.69) is 15.6 Å². The molecular weight excluding hydrogens is 324 g/mol. The molecule has 0 fully saturated rings. The molecule has 0 spiro atoms. The van der Waals surface area contributed by atoms with Crippen molar-refractivity contribution in [2.24, 2.45) is 0 Å². The van der Waals surface area contributed by atoms with Gasteiger partial charge in [0.2, 0.25) is 0 Å². The predicted octanol–water partition coefficient (Wildman–Crippen LogP) is 3.40. The highest BCUT2D eigenvalue weighted by Crippen LogP contribution is 2.10. The summed E-state index contributed by atoms with van der Waals surface area (Å²) >= 11 is 0. The number of halogens is 2. The van der Waals surface area contributed by atoms with Gasteiger partial charge in [0.25, 0.3) is 0 Å². The Morgan fingerprint density at radius 1 is 0.960 bits per heavy atom. The quantitative estimate of drug-likeness (QED) is 0.576. The van der Waals surface area contributed by atoms with E-state index in [1.165, 1.54) is 6.07 Å². The van der Waals surface area contributed by atoms with Crippen molar-refractivity contribution < 1.29 is 8.78 Å². The van der Waals surface area contributed by atoms with Crippen LogP contribution >= 0.6 is 0 Å². The molecule has 0 unspecified atom stereocenters. The molecule has 2 aromatic carbocycles. The van der Waals surface area contributed by atoms with Gasteiger partial charge < -0.3 is 15.6 Å². The summed E-state index contributed by atoms with van der Waals surface area (Å²) in [5.74, 6) is -0.983. The smallest absolute Gasteiger partial charge is 0.191 e. The number of aromatic amines is 1. The van der Waals surface area contributed by atoms with Gasteiger partial charge in [-0.05, 0) is 42.8 Å². The Hall–Kier alpha value is -2.73. The number of para-hydroxylation sites is 1. The highest BCUT2D eigenvalue weighted by atomic mass is 19.2. The van der Waals surface area contributed by atoms with Crippen LogP contribution in [0.1, 0.15) is 12.0 Å². The average Bonchev–Trinajstić information content (AvgIpc) is 2.61. The first kappa shape index (κ1) is 17.1. The van der Waals surface area contributed by atoms with Gasteiger partial charge in [0.1, 0.15) is 5.82 Å².